The number of carbonyl (C=O) groups excluding carboxylic acids is 1. The smallest absolute Gasteiger partial charge is 0.251 e. The number of halogens is 3. The highest BCUT2D eigenvalue weighted by molar-refractivity contribution is 6.31. The normalized spacial score (nSPS) is 18.4. The zero-order valence-electron chi connectivity index (χ0n) is 17.1. The molecule has 1 aliphatic heterocycles. The van der Waals surface area contributed by atoms with E-state index in [4.69, 9.17) is 25.8 Å². The van der Waals surface area contributed by atoms with Gasteiger partial charge in [0.05, 0.1) is 31.4 Å². The summed E-state index contributed by atoms with van der Waals surface area (Å²) in [4.78, 5) is 21.0. The van der Waals surface area contributed by atoms with E-state index >= 15 is 0 Å². The second kappa shape index (κ2) is 9.62. The number of pyridine rings is 2. The second-order valence-corrected chi connectivity index (χ2v) is 7.68. The van der Waals surface area contributed by atoms with Gasteiger partial charge >= 0.3 is 0 Å². The van der Waals surface area contributed by atoms with E-state index in [0.29, 0.717) is 42.1 Å². The van der Waals surface area contributed by atoms with Crippen molar-refractivity contribution in [1.29, 1.82) is 0 Å². The van der Waals surface area contributed by atoms with E-state index in [9.17, 15) is 13.6 Å². The molecule has 0 aliphatic carbocycles. The molecule has 1 amide bonds. The predicted octanol–water partition coefficient (Wildman–Crippen LogP) is 3.93. The first-order valence-electron chi connectivity index (χ1n) is 9.94. The third-order valence-electron chi connectivity index (χ3n) is 5.11. The Morgan fingerprint density at radius 3 is 2.72 bits per heavy atom. The first-order chi connectivity index (χ1) is 15.4. The number of benzene rings is 1. The van der Waals surface area contributed by atoms with E-state index in [1.807, 2.05) is 0 Å². The molecule has 2 atom stereocenters. The highest BCUT2D eigenvalue weighted by Gasteiger charge is 2.25. The molecule has 1 aromatic carbocycles. The highest BCUT2D eigenvalue weighted by atomic mass is 35.5. The minimum absolute atomic E-state index is 0.137. The third-order valence-corrected chi connectivity index (χ3v) is 5.47. The first-order valence-corrected chi connectivity index (χ1v) is 10.3. The van der Waals surface area contributed by atoms with Gasteiger partial charge in [0.2, 0.25) is 5.88 Å². The van der Waals surface area contributed by atoms with Crippen LogP contribution in [0.4, 0.5) is 8.78 Å². The Morgan fingerprint density at radius 2 is 2.03 bits per heavy atom. The average molecular weight is 464 g/mol. The Hall–Kier alpha value is -3.04. The van der Waals surface area contributed by atoms with Crippen LogP contribution < -0.4 is 14.8 Å². The number of nitrogens with one attached hydrogen (secondary N) is 1. The van der Waals surface area contributed by atoms with Crippen LogP contribution in [-0.2, 0) is 4.74 Å². The van der Waals surface area contributed by atoms with Crippen molar-refractivity contribution in [3.8, 4) is 11.6 Å². The Labute approximate surface area is 187 Å². The number of nitrogens with zero attached hydrogens (tertiary/aromatic N) is 2. The maximum atomic E-state index is 13.6. The number of rotatable bonds is 6. The van der Waals surface area contributed by atoms with Gasteiger partial charge in [0.15, 0.2) is 0 Å². The molecule has 1 saturated heterocycles. The molecule has 0 unspecified atom stereocenters. The van der Waals surface area contributed by atoms with Crippen LogP contribution in [0.1, 0.15) is 23.2 Å². The van der Waals surface area contributed by atoms with Crippen LogP contribution in [0.5, 0.6) is 11.6 Å². The lowest BCUT2D eigenvalue weighted by atomic mass is 10.0. The van der Waals surface area contributed by atoms with Gasteiger partial charge < -0.3 is 19.5 Å². The summed E-state index contributed by atoms with van der Waals surface area (Å²) in [7, 11) is 1.54. The lowest BCUT2D eigenvalue weighted by Crippen LogP contribution is -2.44. The number of hydrogen-bond acceptors (Lipinski definition) is 6. The van der Waals surface area contributed by atoms with Gasteiger partial charge in [0.1, 0.15) is 34.5 Å². The summed E-state index contributed by atoms with van der Waals surface area (Å²) in [5, 5.41) is 2.09. The van der Waals surface area contributed by atoms with Crippen LogP contribution in [0.25, 0.3) is 11.0 Å². The van der Waals surface area contributed by atoms with Crippen LogP contribution in [0.3, 0.4) is 0 Å². The van der Waals surface area contributed by atoms with Gasteiger partial charge in [0.25, 0.3) is 5.91 Å². The lowest BCUT2D eigenvalue weighted by molar-refractivity contribution is -0.0248. The number of aromatic nitrogens is 2. The Kier molecular flexibility index (Phi) is 6.66. The summed E-state index contributed by atoms with van der Waals surface area (Å²) in [6.45, 7) is 0.549. The van der Waals surface area contributed by atoms with Crippen molar-refractivity contribution >= 4 is 28.5 Å². The predicted molar refractivity (Wildman–Crippen MR) is 113 cm³/mol. The molecule has 32 heavy (non-hydrogen) atoms. The zero-order valence-corrected chi connectivity index (χ0v) is 17.9. The van der Waals surface area contributed by atoms with E-state index in [1.54, 1.807) is 24.4 Å². The van der Waals surface area contributed by atoms with Gasteiger partial charge in [-0.3, -0.25) is 9.78 Å². The molecule has 10 heteroatoms. The third kappa shape index (κ3) is 4.89. The largest absolute Gasteiger partial charge is 0.488 e. The second-order valence-electron chi connectivity index (χ2n) is 7.30. The summed E-state index contributed by atoms with van der Waals surface area (Å²) in [6.07, 6.45) is 2.72. The standard InChI is InChI=1S/C22H20ClF2N3O4/c1-30-19-5-4-17-21(28-19)18(6-7-26-17)32-11-14-3-2-13(10-31-14)27-22(29)12-8-15(24)20(23)16(25)9-12/h4-9,13-14H,2-3,10-11H2,1H3,(H,27,29)/t13-,14+/m1/s1. The molecule has 7 nitrogen and oxygen atoms in total. The summed E-state index contributed by atoms with van der Waals surface area (Å²) >= 11 is 5.46. The van der Waals surface area contributed by atoms with E-state index in [1.165, 1.54) is 7.11 Å². The summed E-state index contributed by atoms with van der Waals surface area (Å²) in [6, 6.07) is 6.78. The van der Waals surface area contributed by atoms with Crippen molar-refractivity contribution in [2.75, 3.05) is 20.3 Å². The minimum atomic E-state index is -0.982. The molecular weight excluding hydrogens is 444 g/mol. The van der Waals surface area contributed by atoms with Crippen molar-refractivity contribution in [2.45, 2.75) is 25.0 Å². The molecule has 3 aromatic rings. The van der Waals surface area contributed by atoms with E-state index in [2.05, 4.69) is 15.3 Å². The SMILES string of the molecule is COc1ccc2nccc(OC[C@@H]3CC[C@@H](NC(=O)c4cc(F)c(Cl)c(F)c4)CO3)c2n1. The van der Waals surface area contributed by atoms with Crippen molar-refractivity contribution < 1.29 is 27.8 Å². The minimum Gasteiger partial charge on any atom is -0.488 e. The molecule has 0 saturated carbocycles. The van der Waals surface area contributed by atoms with Gasteiger partial charge in [-0.1, -0.05) is 11.6 Å². The monoisotopic (exact) mass is 463 g/mol. The molecule has 4 rings (SSSR count). The molecule has 3 heterocycles. The molecule has 1 aliphatic rings. The van der Waals surface area contributed by atoms with E-state index in [-0.39, 0.29) is 24.3 Å². The van der Waals surface area contributed by atoms with Gasteiger partial charge in [-0.15, -0.1) is 0 Å². The Morgan fingerprint density at radius 1 is 1.25 bits per heavy atom. The average Bonchev–Trinajstić information content (AvgIpc) is 2.81. The van der Waals surface area contributed by atoms with Crippen LogP contribution >= 0.6 is 11.6 Å². The van der Waals surface area contributed by atoms with Crippen LogP contribution in [0.15, 0.2) is 36.5 Å². The van der Waals surface area contributed by atoms with Crippen molar-refractivity contribution in [3.63, 3.8) is 0 Å². The lowest BCUT2D eigenvalue weighted by Gasteiger charge is -2.29. The van der Waals surface area contributed by atoms with Gasteiger partial charge in [-0.2, -0.15) is 0 Å². The zero-order chi connectivity index (χ0) is 22.7. The summed E-state index contributed by atoms with van der Waals surface area (Å²) in [5.74, 6) is -1.52. The first kappa shape index (κ1) is 22.2. The van der Waals surface area contributed by atoms with Gasteiger partial charge in [-0.05, 0) is 31.0 Å². The molecule has 1 fully saturated rings. The fourth-order valence-electron chi connectivity index (χ4n) is 3.40. The molecule has 0 bridgehead atoms. The maximum absolute atomic E-state index is 13.6. The quantitative estimate of drug-likeness (QED) is 0.558. The fourth-order valence-corrected chi connectivity index (χ4v) is 3.51. The number of fused-ring (bicyclic) bond motifs is 1. The van der Waals surface area contributed by atoms with Crippen LogP contribution in [0, 0.1) is 11.6 Å². The number of carbonyl (C=O) groups is 1. The van der Waals surface area contributed by atoms with Gasteiger partial charge in [0, 0.05) is 23.9 Å². The van der Waals surface area contributed by atoms with Crippen molar-refractivity contribution in [2.24, 2.45) is 0 Å². The number of hydrogen-bond donors (Lipinski definition) is 1. The Bertz CT molecular complexity index is 1120. The Balaban J connectivity index is 1.31. The molecule has 1 N–H and O–H groups in total. The summed E-state index contributed by atoms with van der Waals surface area (Å²) < 4.78 is 44.1. The molecular formula is C22H20ClF2N3O4. The van der Waals surface area contributed by atoms with Crippen LogP contribution in [0.2, 0.25) is 5.02 Å². The molecule has 0 radical (unpaired) electrons. The van der Waals surface area contributed by atoms with Crippen molar-refractivity contribution in [3.05, 3.63) is 58.7 Å². The summed E-state index contributed by atoms with van der Waals surface area (Å²) in [5.41, 5.74) is 1.14. The maximum Gasteiger partial charge on any atom is 0.251 e. The molecule has 168 valence electrons. The van der Waals surface area contributed by atoms with Crippen LogP contribution in [-0.4, -0.2) is 48.3 Å². The fraction of sp³-hybridized carbons (Fsp3) is 0.318. The van der Waals surface area contributed by atoms with E-state index in [0.717, 1.165) is 12.1 Å². The topological polar surface area (TPSA) is 82.6 Å². The van der Waals surface area contributed by atoms with Crippen molar-refractivity contribution in [1.82, 2.24) is 15.3 Å². The van der Waals surface area contributed by atoms with Gasteiger partial charge in [-0.25, -0.2) is 13.8 Å². The molecule has 0 spiro atoms. The number of ether oxygens (including phenoxy) is 3. The highest BCUT2D eigenvalue weighted by Crippen LogP contribution is 2.25. The number of methoxy groups -OCH3 is 1. The van der Waals surface area contributed by atoms with E-state index < -0.39 is 22.6 Å². The molecule has 2 aromatic heterocycles. The number of amides is 1.